The Morgan fingerprint density at radius 2 is 1.58 bits per heavy atom. The van der Waals surface area contributed by atoms with Crippen molar-refractivity contribution < 1.29 is 14.4 Å². The molecular weight excluding hydrogens is 330 g/mol. The predicted octanol–water partition coefficient (Wildman–Crippen LogP) is 1.67. The highest BCUT2D eigenvalue weighted by molar-refractivity contribution is 6.00. The topological polar surface area (TPSA) is 60.9 Å². The minimum atomic E-state index is -0.295. The summed E-state index contributed by atoms with van der Waals surface area (Å²) < 4.78 is 0. The van der Waals surface area contributed by atoms with Gasteiger partial charge >= 0.3 is 0 Å². The van der Waals surface area contributed by atoms with E-state index in [4.69, 9.17) is 0 Å². The van der Waals surface area contributed by atoms with E-state index < -0.39 is 0 Å². The second-order valence-electron chi connectivity index (χ2n) is 7.55. The van der Waals surface area contributed by atoms with Crippen LogP contribution in [0.1, 0.15) is 25.8 Å². The minimum Gasteiger partial charge on any atom is -0.339 e. The second kappa shape index (κ2) is 7.48. The highest BCUT2D eigenvalue weighted by Gasteiger charge is 2.38. The molecule has 0 radical (unpaired) electrons. The lowest BCUT2D eigenvalue weighted by Gasteiger charge is -2.36. The van der Waals surface area contributed by atoms with Crippen LogP contribution in [0.3, 0.4) is 0 Å². The molecule has 0 spiro atoms. The zero-order chi connectivity index (χ0) is 18.8. The summed E-state index contributed by atoms with van der Waals surface area (Å²) in [5.74, 6) is -0.145. The number of amides is 3. The number of benzene rings is 1. The first-order chi connectivity index (χ1) is 12.4. The predicted molar refractivity (Wildman–Crippen MR) is 99.6 cm³/mol. The Morgan fingerprint density at radius 3 is 2.15 bits per heavy atom. The number of hydrogen-bond donors (Lipinski definition) is 0. The molecule has 2 aliphatic rings. The molecule has 0 bridgehead atoms. The molecule has 1 aromatic carbocycles. The van der Waals surface area contributed by atoms with E-state index in [0.29, 0.717) is 32.7 Å². The van der Waals surface area contributed by atoms with Crippen LogP contribution < -0.4 is 4.90 Å². The zero-order valence-corrected chi connectivity index (χ0v) is 15.8. The summed E-state index contributed by atoms with van der Waals surface area (Å²) in [6.07, 6.45) is 0.262. The second-order valence-corrected chi connectivity index (χ2v) is 7.55. The fraction of sp³-hybridized carbons (Fsp3) is 0.550. The van der Waals surface area contributed by atoms with E-state index in [9.17, 15) is 14.4 Å². The Hall–Kier alpha value is -2.37. The summed E-state index contributed by atoms with van der Waals surface area (Å²) >= 11 is 0. The molecule has 0 aliphatic carbocycles. The number of carbonyl (C=O) groups is 3. The summed E-state index contributed by atoms with van der Waals surface area (Å²) in [5.41, 5.74) is 1.99. The normalized spacial score (nSPS) is 20.8. The number of piperazine rings is 1. The van der Waals surface area contributed by atoms with Crippen LogP contribution in [0.15, 0.2) is 24.3 Å². The third-order valence-corrected chi connectivity index (χ3v) is 5.22. The fourth-order valence-electron chi connectivity index (χ4n) is 3.62. The maximum Gasteiger partial charge on any atom is 0.228 e. The van der Waals surface area contributed by atoms with E-state index in [-0.39, 0.29) is 36.0 Å². The van der Waals surface area contributed by atoms with Gasteiger partial charge in [-0.3, -0.25) is 14.4 Å². The molecule has 0 saturated carbocycles. The Balaban J connectivity index is 1.59. The molecule has 2 aliphatic heterocycles. The Morgan fingerprint density at radius 1 is 1.00 bits per heavy atom. The quantitative estimate of drug-likeness (QED) is 0.827. The van der Waals surface area contributed by atoms with Crippen molar-refractivity contribution in [1.29, 1.82) is 0 Å². The average molecular weight is 357 g/mol. The average Bonchev–Trinajstić information content (AvgIpc) is 3.03. The van der Waals surface area contributed by atoms with Gasteiger partial charge in [0.15, 0.2) is 0 Å². The molecule has 6 heteroatoms. The molecule has 2 fully saturated rings. The maximum atomic E-state index is 12.8. The smallest absolute Gasteiger partial charge is 0.228 e. The van der Waals surface area contributed by atoms with Gasteiger partial charge in [0.2, 0.25) is 17.7 Å². The van der Waals surface area contributed by atoms with Crippen LogP contribution in [-0.2, 0) is 14.4 Å². The molecule has 26 heavy (non-hydrogen) atoms. The molecule has 2 heterocycles. The molecule has 3 rings (SSSR count). The monoisotopic (exact) mass is 357 g/mol. The van der Waals surface area contributed by atoms with Crippen LogP contribution in [-0.4, -0.2) is 60.2 Å². The molecule has 0 aromatic heterocycles. The van der Waals surface area contributed by atoms with Crippen LogP contribution >= 0.6 is 0 Å². The molecule has 3 amide bonds. The van der Waals surface area contributed by atoms with Gasteiger partial charge in [0.05, 0.1) is 5.92 Å². The van der Waals surface area contributed by atoms with Gasteiger partial charge in [-0.25, -0.2) is 0 Å². The van der Waals surface area contributed by atoms with Gasteiger partial charge in [-0.1, -0.05) is 31.5 Å². The van der Waals surface area contributed by atoms with Gasteiger partial charge in [0.1, 0.15) is 0 Å². The fourth-order valence-corrected chi connectivity index (χ4v) is 3.62. The first-order valence-electron chi connectivity index (χ1n) is 9.31. The Bertz CT molecular complexity index is 691. The van der Waals surface area contributed by atoms with E-state index in [0.717, 1.165) is 11.3 Å². The lowest BCUT2D eigenvalue weighted by Crippen LogP contribution is -2.53. The molecular formula is C20H27N3O3. The number of hydrogen-bond acceptors (Lipinski definition) is 3. The van der Waals surface area contributed by atoms with Crippen molar-refractivity contribution in [3.63, 3.8) is 0 Å². The third-order valence-electron chi connectivity index (χ3n) is 5.22. The summed E-state index contributed by atoms with van der Waals surface area (Å²) in [7, 11) is 0. The van der Waals surface area contributed by atoms with Gasteiger partial charge in [-0.2, -0.15) is 0 Å². The number of nitrogens with zero attached hydrogens (tertiary/aromatic N) is 3. The molecule has 140 valence electrons. The number of aryl methyl sites for hydroxylation is 1. The first kappa shape index (κ1) is 18.4. The van der Waals surface area contributed by atoms with Crippen LogP contribution in [0.25, 0.3) is 0 Å². The van der Waals surface area contributed by atoms with Crippen molar-refractivity contribution in [3.05, 3.63) is 29.8 Å². The summed E-state index contributed by atoms with van der Waals surface area (Å²) in [6, 6.07) is 7.80. The molecule has 1 atom stereocenters. The third kappa shape index (κ3) is 3.74. The van der Waals surface area contributed by atoms with Gasteiger partial charge < -0.3 is 14.7 Å². The van der Waals surface area contributed by atoms with E-state index in [1.165, 1.54) is 0 Å². The Kier molecular flexibility index (Phi) is 5.30. The minimum absolute atomic E-state index is 0.000764. The van der Waals surface area contributed by atoms with Crippen molar-refractivity contribution in [1.82, 2.24) is 9.80 Å². The largest absolute Gasteiger partial charge is 0.339 e. The van der Waals surface area contributed by atoms with Crippen LogP contribution in [0.5, 0.6) is 0 Å². The number of carbonyl (C=O) groups excluding carboxylic acids is 3. The molecule has 1 aromatic rings. The standard InChI is InChI=1S/C20H27N3O3/c1-14(2)19(25)21-8-10-22(11-9-21)20(26)16-12-18(24)23(13-16)17-6-4-15(3)5-7-17/h4-7,14,16H,8-13H2,1-3H3. The maximum absolute atomic E-state index is 12.8. The number of anilines is 1. The summed E-state index contributed by atoms with van der Waals surface area (Å²) in [6.45, 7) is 8.47. The highest BCUT2D eigenvalue weighted by Crippen LogP contribution is 2.27. The van der Waals surface area contributed by atoms with Gasteiger partial charge in [-0.05, 0) is 19.1 Å². The van der Waals surface area contributed by atoms with Gasteiger partial charge in [-0.15, -0.1) is 0 Å². The lowest BCUT2D eigenvalue weighted by molar-refractivity contribution is -0.143. The number of rotatable bonds is 3. The van der Waals surface area contributed by atoms with E-state index >= 15 is 0 Å². The Labute approximate surface area is 154 Å². The van der Waals surface area contributed by atoms with Gasteiger partial charge in [0, 0.05) is 50.7 Å². The SMILES string of the molecule is Cc1ccc(N2CC(C(=O)N3CCN(C(=O)C(C)C)CC3)CC2=O)cc1. The van der Waals surface area contributed by atoms with Gasteiger partial charge in [0.25, 0.3) is 0 Å². The van der Waals surface area contributed by atoms with Crippen LogP contribution in [0.2, 0.25) is 0 Å². The van der Waals surface area contributed by atoms with Crippen molar-refractivity contribution >= 4 is 23.4 Å². The van der Waals surface area contributed by atoms with E-state index in [1.54, 1.807) is 9.80 Å². The molecule has 1 unspecified atom stereocenters. The molecule has 2 saturated heterocycles. The van der Waals surface area contributed by atoms with Crippen molar-refractivity contribution in [2.45, 2.75) is 27.2 Å². The highest BCUT2D eigenvalue weighted by atomic mass is 16.2. The molecule has 6 nitrogen and oxygen atoms in total. The van der Waals surface area contributed by atoms with Crippen molar-refractivity contribution in [2.75, 3.05) is 37.6 Å². The zero-order valence-electron chi connectivity index (χ0n) is 15.8. The van der Waals surface area contributed by atoms with E-state index in [1.807, 2.05) is 49.9 Å². The van der Waals surface area contributed by atoms with E-state index in [2.05, 4.69) is 0 Å². The van der Waals surface area contributed by atoms with Crippen molar-refractivity contribution in [2.24, 2.45) is 11.8 Å². The lowest BCUT2D eigenvalue weighted by atomic mass is 10.1. The molecule has 0 N–H and O–H groups in total. The summed E-state index contributed by atoms with van der Waals surface area (Å²) in [4.78, 5) is 42.6. The van der Waals surface area contributed by atoms with Crippen molar-refractivity contribution in [3.8, 4) is 0 Å². The van der Waals surface area contributed by atoms with Crippen LogP contribution in [0.4, 0.5) is 5.69 Å². The first-order valence-corrected chi connectivity index (χ1v) is 9.31. The van der Waals surface area contributed by atoms with Crippen LogP contribution in [0, 0.1) is 18.8 Å². The summed E-state index contributed by atoms with van der Waals surface area (Å²) in [5, 5.41) is 0.